The van der Waals surface area contributed by atoms with Gasteiger partial charge in [-0.05, 0) is 19.4 Å². The predicted molar refractivity (Wildman–Crippen MR) is 110 cm³/mol. The summed E-state index contributed by atoms with van der Waals surface area (Å²) in [5.41, 5.74) is 1.01. The molecule has 0 spiro atoms. The van der Waals surface area contributed by atoms with Gasteiger partial charge in [0.2, 0.25) is 11.8 Å². The van der Waals surface area contributed by atoms with Gasteiger partial charge in [0.25, 0.3) is 0 Å². The maximum absolute atomic E-state index is 12.6. The van der Waals surface area contributed by atoms with E-state index in [-0.39, 0.29) is 18.2 Å². The smallest absolute Gasteiger partial charge is 0.237 e. The molecule has 0 bridgehead atoms. The number of carbonyl (C=O) groups excluding carboxylic acids is 2. The Morgan fingerprint density at radius 1 is 1.30 bits per heavy atom. The van der Waals surface area contributed by atoms with Gasteiger partial charge in [0.05, 0.1) is 25.6 Å². The zero-order chi connectivity index (χ0) is 20.9. The maximum atomic E-state index is 12.6. The quantitative estimate of drug-likeness (QED) is 0.660. The van der Waals surface area contributed by atoms with Crippen LogP contribution in [0.3, 0.4) is 0 Å². The average Bonchev–Trinajstić information content (AvgIpc) is 3.35. The molecule has 1 aromatic carbocycles. The number of aromatic nitrogens is 3. The Hall–Kier alpha value is -2.94. The minimum atomic E-state index is -0.516. The minimum Gasteiger partial charge on any atom is -0.494 e. The molecule has 1 atom stereocenters. The first-order valence-electron chi connectivity index (χ1n) is 10.6. The summed E-state index contributed by atoms with van der Waals surface area (Å²) in [6.07, 6.45) is 2.09. The van der Waals surface area contributed by atoms with E-state index in [0.717, 1.165) is 42.3 Å². The van der Waals surface area contributed by atoms with Crippen LogP contribution in [-0.4, -0.2) is 57.2 Å². The lowest BCUT2D eigenvalue weighted by molar-refractivity contribution is -0.134. The number of ether oxygens (including phenoxy) is 1. The van der Waals surface area contributed by atoms with E-state index >= 15 is 0 Å². The summed E-state index contributed by atoms with van der Waals surface area (Å²) >= 11 is 0. The molecule has 1 unspecified atom stereocenters. The number of para-hydroxylation sites is 1. The van der Waals surface area contributed by atoms with E-state index in [1.165, 1.54) is 0 Å². The molecule has 160 valence electrons. The molecular formula is C21H28N6O3. The molecule has 9 nitrogen and oxygen atoms in total. The Morgan fingerprint density at radius 2 is 2.17 bits per heavy atom. The normalized spacial score (nSPS) is 18.7. The third-order valence-corrected chi connectivity index (χ3v) is 5.60. The number of aryl methyl sites for hydroxylation is 1. The van der Waals surface area contributed by atoms with Crippen molar-refractivity contribution in [3.05, 3.63) is 41.5 Å². The Morgan fingerprint density at radius 3 is 3.03 bits per heavy atom. The van der Waals surface area contributed by atoms with Crippen LogP contribution in [0.15, 0.2) is 24.3 Å². The zero-order valence-corrected chi connectivity index (χ0v) is 17.3. The van der Waals surface area contributed by atoms with Gasteiger partial charge in [-0.2, -0.15) is 0 Å². The van der Waals surface area contributed by atoms with E-state index in [1.54, 1.807) is 0 Å². The summed E-state index contributed by atoms with van der Waals surface area (Å²) in [6, 6.07) is 7.31. The molecule has 1 aromatic heterocycles. The number of nitrogens with one attached hydrogen (secondary N) is 2. The van der Waals surface area contributed by atoms with Gasteiger partial charge in [0.15, 0.2) is 5.82 Å². The highest BCUT2D eigenvalue weighted by Gasteiger charge is 2.32. The van der Waals surface area contributed by atoms with Crippen molar-refractivity contribution in [2.24, 2.45) is 0 Å². The van der Waals surface area contributed by atoms with Crippen LogP contribution in [0.25, 0.3) is 0 Å². The summed E-state index contributed by atoms with van der Waals surface area (Å²) in [5.74, 6) is 2.27. The summed E-state index contributed by atoms with van der Waals surface area (Å²) in [4.78, 5) is 27.2. The second kappa shape index (κ2) is 9.25. The Labute approximate surface area is 175 Å². The SMILES string of the molecule is CCOc1ccccc1CN1CCNC(=O)C1CC(=O)NCc1nnc2n1CCC2. The molecule has 30 heavy (non-hydrogen) atoms. The molecule has 1 fully saturated rings. The molecular weight excluding hydrogens is 384 g/mol. The first-order chi connectivity index (χ1) is 14.7. The number of nitrogens with zero attached hydrogens (tertiary/aromatic N) is 4. The average molecular weight is 412 g/mol. The van der Waals surface area contributed by atoms with Crippen molar-refractivity contribution in [1.82, 2.24) is 30.3 Å². The summed E-state index contributed by atoms with van der Waals surface area (Å²) < 4.78 is 7.78. The number of piperazine rings is 1. The van der Waals surface area contributed by atoms with Crippen LogP contribution in [0.2, 0.25) is 0 Å². The molecule has 0 saturated carbocycles. The molecule has 2 aliphatic heterocycles. The molecule has 4 rings (SSSR count). The van der Waals surface area contributed by atoms with E-state index < -0.39 is 6.04 Å². The monoisotopic (exact) mass is 412 g/mol. The van der Waals surface area contributed by atoms with Gasteiger partial charge in [-0.3, -0.25) is 14.5 Å². The predicted octanol–water partition coefficient (Wildman–Crippen LogP) is 0.630. The number of hydrogen-bond acceptors (Lipinski definition) is 6. The van der Waals surface area contributed by atoms with Crippen LogP contribution in [0.1, 0.15) is 37.0 Å². The van der Waals surface area contributed by atoms with Crippen molar-refractivity contribution in [3.8, 4) is 5.75 Å². The third kappa shape index (κ3) is 4.46. The van der Waals surface area contributed by atoms with E-state index in [0.29, 0.717) is 32.8 Å². The lowest BCUT2D eigenvalue weighted by Crippen LogP contribution is -2.56. The van der Waals surface area contributed by atoms with Crippen LogP contribution in [0, 0.1) is 0 Å². The van der Waals surface area contributed by atoms with Gasteiger partial charge in [-0.1, -0.05) is 18.2 Å². The Balaban J connectivity index is 1.39. The molecule has 1 saturated heterocycles. The van der Waals surface area contributed by atoms with Crippen LogP contribution in [-0.2, 0) is 35.6 Å². The first-order valence-corrected chi connectivity index (χ1v) is 10.6. The van der Waals surface area contributed by atoms with Crippen LogP contribution in [0.5, 0.6) is 5.75 Å². The zero-order valence-electron chi connectivity index (χ0n) is 17.3. The first kappa shape index (κ1) is 20.3. The van der Waals surface area contributed by atoms with Crippen LogP contribution < -0.4 is 15.4 Å². The molecule has 3 heterocycles. The third-order valence-electron chi connectivity index (χ3n) is 5.60. The lowest BCUT2D eigenvalue weighted by Gasteiger charge is -2.35. The number of rotatable bonds is 8. The van der Waals surface area contributed by atoms with Crippen molar-refractivity contribution < 1.29 is 14.3 Å². The molecule has 9 heteroatoms. The van der Waals surface area contributed by atoms with Gasteiger partial charge in [-0.25, -0.2) is 0 Å². The van der Waals surface area contributed by atoms with Gasteiger partial charge in [0.1, 0.15) is 11.6 Å². The molecule has 0 radical (unpaired) electrons. The fraction of sp³-hybridized carbons (Fsp3) is 0.524. The lowest BCUT2D eigenvalue weighted by atomic mass is 10.1. The van der Waals surface area contributed by atoms with E-state index in [4.69, 9.17) is 4.74 Å². The molecule has 2 amide bonds. The van der Waals surface area contributed by atoms with Crippen LogP contribution in [0.4, 0.5) is 0 Å². The van der Waals surface area contributed by atoms with E-state index in [9.17, 15) is 9.59 Å². The van der Waals surface area contributed by atoms with Gasteiger partial charge in [-0.15, -0.1) is 10.2 Å². The molecule has 2 N–H and O–H groups in total. The number of amides is 2. The van der Waals surface area contributed by atoms with Crippen molar-refractivity contribution in [1.29, 1.82) is 0 Å². The summed E-state index contributed by atoms with van der Waals surface area (Å²) in [6.45, 7) is 5.55. The largest absolute Gasteiger partial charge is 0.494 e. The summed E-state index contributed by atoms with van der Waals surface area (Å²) in [7, 11) is 0. The van der Waals surface area contributed by atoms with Crippen LogP contribution >= 0.6 is 0 Å². The fourth-order valence-electron chi connectivity index (χ4n) is 4.09. The highest BCUT2D eigenvalue weighted by atomic mass is 16.5. The minimum absolute atomic E-state index is 0.101. The number of carbonyl (C=O) groups is 2. The second-order valence-electron chi connectivity index (χ2n) is 7.59. The summed E-state index contributed by atoms with van der Waals surface area (Å²) in [5, 5.41) is 14.1. The van der Waals surface area contributed by atoms with Crippen molar-refractivity contribution in [2.75, 3.05) is 19.7 Å². The van der Waals surface area contributed by atoms with E-state index in [1.807, 2.05) is 36.1 Å². The highest BCUT2D eigenvalue weighted by molar-refractivity contribution is 5.88. The molecule has 2 aliphatic rings. The van der Waals surface area contributed by atoms with E-state index in [2.05, 4.69) is 25.4 Å². The maximum Gasteiger partial charge on any atom is 0.237 e. The Bertz CT molecular complexity index is 912. The number of hydrogen-bond donors (Lipinski definition) is 2. The second-order valence-corrected chi connectivity index (χ2v) is 7.59. The van der Waals surface area contributed by atoms with Gasteiger partial charge >= 0.3 is 0 Å². The van der Waals surface area contributed by atoms with Gasteiger partial charge < -0.3 is 19.9 Å². The van der Waals surface area contributed by atoms with Crippen molar-refractivity contribution in [2.45, 2.75) is 51.9 Å². The molecule has 0 aliphatic carbocycles. The number of benzene rings is 1. The molecule has 2 aromatic rings. The number of fused-ring (bicyclic) bond motifs is 1. The Kier molecular flexibility index (Phi) is 6.27. The fourth-order valence-corrected chi connectivity index (χ4v) is 4.09. The topological polar surface area (TPSA) is 101 Å². The van der Waals surface area contributed by atoms with Gasteiger partial charge in [0, 0.05) is 38.2 Å². The van der Waals surface area contributed by atoms with Crippen molar-refractivity contribution in [3.63, 3.8) is 0 Å². The standard InChI is InChI=1S/C21H28N6O3/c1-2-30-17-7-4-3-6-15(17)14-26-11-9-22-21(29)16(26)12-20(28)23-13-19-25-24-18-8-5-10-27(18)19/h3-4,6-7,16H,2,5,8-14H2,1H3,(H,22,29)(H,23,28). The highest BCUT2D eigenvalue weighted by Crippen LogP contribution is 2.22. The van der Waals surface area contributed by atoms with Crippen molar-refractivity contribution >= 4 is 11.8 Å².